The monoisotopic (exact) mass is 390 g/mol. The molecule has 0 spiro atoms. The Morgan fingerprint density at radius 1 is 1.00 bits per heavy atom. The van der Waals surface area contributed by atoms with Gasteiger partial charge in [0.05, 0.1) is 12.6 Å². The molecular formula is C23H22N2O4. The zero-order valence-electron chi connectivity index (χ0n) is 15.9. The van der Waals surface area contributed by atoms with Gasteiger partial charge < -0.3 is 19.3 Å². The lowest BCUT2D eigenvalue weighted by molar-refractivity contribution is -0.0389. The second-order valence-corrected chi connectivity index (χ2v) is 7.70. The van der Waals surface area contributed by atoms with Gasteiger partial charge in [0.25, 0.3) is 0 Å². The van der Waals surface area contributed by atoms with Crippen LogP contribution in [0.4, 0.5) is 5.82 Å². The summed E-state index contributed by atoms with van der Waals surface area (Å²) in [7, 11) is 0. The molecule has 1 saturated carbocycles. The summed E-state index contributed by atoms with van der Waals surface area (Å²) in [6.07, 6.45) is 2.24. The van der Waals surface area contributed by atoms with Crippen LogP contribution in [-0.2, 0) is 4.74 Å². The van der Waals surface area contributed by atoms with Gasteiger partial charge in [0.15, 0.2) is 17.1 Å². The first-order valence-electron chi connectivity index (χ1n) is 9.94. The normalized spacial score (nSPS) is 21.9. The van der Waals surface area contributed by atoms with Gasteiger partial charge >= 0.3 is 5.97 Å². The van der Waals surface area contributed by atoms with Crippen molar-refractivity contribution in [2.24, 2.45) is 5.92 Å². The van der Waals surface area contributed by atoms with Gasteiger partial charge in [-0.25, -0.2) is 4.79 Å². The molecule has 6 heteroatoms. The highest BCUT2D eigenvalue weighted by molar-refractivity contribution is 5.99. The first kappa shape index (κ1) is 17.9. The SMILES string of the molecule is O=C(O)c1c(N2C[C@@H](c3ccccc3)O[C@@H](C3CC3)C2)noc1-c1ccccc1. The Bertz CT molecular complexity index is 998. The largest absolute Gasteiger partial charge is 0.477 e. The number of aromatic nitrogens is 1. The number of carbonyl (C=O) groups is 1. The molecule has 2 atom stereocenters. The smallest absolute Gasteiger partial charge is 0.343 e. The molecule has 0 radical (unpaired) electrons. The molecule has 1 aliphatic heterocycles. The predicted octanol–water partition coefficient (Wildman–Crippen LogP) is 4.40. The molecule has 2 fully saturated rings. The molecule has 1 aliphatic carbocycles. The number of ether oxygens (including phenoxy) is 1. The highest BCUT2D eigenvalue weighted by atomic mass is 16.5. The molecule has 6 nitrogen and oxygen atoms in total. The van der Waals surface area contributed by atoms with E-state index in [9.17, 15) is 9.90 Å². The summed E-state index contributed by atoms with van der Waals surface area (Å²) in [6, 6.07) is 19.3. The highest BCUT2D eigenvalue weighted by Gasteiger charge is 2.41. The van der Waals surface area contributed by atoms with Crippen LogP contribution >= 0.6 is 0 Å². The molecule has 0 amide bonds. The van der Waals surface area contributed by atoms with Crippen molar-refractivity contribution < 1.29 is 19.2 Å². The maximum absolute atomic E-state index is 12.1. The van der Waals surface area contributed by atoms with E-state index in [0.717, 1.165) is 18.4 Å². The Kier molecular flexibility index (Phi) is 4.56. The van der Waals surface area contributed by atoms with Crippen molar-refractivity contribution in [1.82, 2.24) is 5.16 Å². The van der Waals surface area contributed by atoms with Crippen LogP contribution in [0.3, 0.4) is 0 Å². The molecule has 2 aliphatic rings. The topological polar surface area (TPSA) is 75.8 Å². The van der Waals surface area contributed by atoms with Crippen molar-refractivity contribution in [3.05, 3.63) is 71.8 Å². The third kappa shape index (κ3) is 3.51. The molecule has 0 unspecified atom stereocenters. The van der Waals surface area contributed by atoms with Crippen LogP contribution in [-0.4, -0.2) is 35.4 Å². The fourth-order valence-corrected chi connectivity index (χ4v) is 4.02. The molecule has 1 saturated heterocycles. The van der Waals surface area contributed by atoms with Crippen LogP contribution < -0.4 is 4.90 Å². The van der Waals surface area contributed by atoms with E-state index in [-0.39, 0.29) is 17.8 Å². The fourth-order valence-electron chi connectivity index (χ4n) is 4.02. The zero-order valence-corrected chi connectivity index (χ0v) is 15.9. The minimum atomic E-state index is -1.04. The maximum Gasteiger partial charge on any atom is 0.343 e. The maximum atomic E-state index is 12.1. The van der Waals surface area contributed by atoms with Gasteiger partial charge in [-0.15, -0.1) is 0 Å². The second-order valence-electron chi connectivity index (χ2n) is 7.70. The Balaban J connectivity index is 1.52. The average Bonchev–Trinajstić information content (AvgIpc) is 3.52. The molecule has 0 bridgehead atoms. The number of hydrogen-bond acceptors (Lipinski definition) is 5. The van der Waals surface area contributed by atoms with E-state index < -0.39 is 5.97 Å². The molecule has 2 aromatic carbocycles. The molecule has 1 aromatic heterocycles. The molecule has 3 aromatic rings. The standard InChI is InChI=1S/C23H22N2O4/c26-23(27)20-21(17-9-5-2-6-10-17)29-24-22(20)25-13-18(15-7-3-1-4-8-15)28-19(14-25)16-11-12-16/h1-10,16,18-19H,11-14H2,(H,26,27)/t18-,19+/m0/s1. The minimum Gasteiger partial charge on any atom is -0.477 e. The number of aromatic carboxylic acids is 1. The quantitative estimate of drug-likeness (QED) is 0.696. The van der Waals surface area contributed by atoms with Gasteiger partial charge in [-0.1, -0.05) is 65.8 Å². The van der Waals surface area contributed by atoms with Gasteiger partial charge in [0.2, 0.25) is 0 Å². The molecule has 5 rings (SSSR count). The van der Waals surface area contributed by atoms with Crippen molar-refractivity contribution in [2.45, 2.75) is 25.0 Å². The van der Waals surface area contributed by atoms with E-state index in [0.29, 0.717) is 36.1 Å². The number of rotatable bonds is 5. The lowest BCUT2D eigenvalue weighted by atomic mass is 10.0. The van der Waals surface area contributed by atoms with E-state index in [1.165, 1.54) is 0 Å². The van der Waals surface area contributed by atoms with Crippen LogP contribution in [0.2, 0.25) is 0 Å². The Hall–Kier alpha value is -3.12. The molecule has 148 valence electrons. The highest BCUT2D eigenvalue weighted by Crippen LogP contribution is 2.41. The Morgan fingerprint density at radius 3 is 2.34 bits per heavy atom. The number of carboxylic acids is 1. The summed E-state index contributed by atoms with van der Waals surface area (Å²) in [5.41, 5.74) is 1.90. The first-order chi connectivity index (χ1) is 14.2. The van der Waals surface area contributed by atoms with Crippen molar-refractivity contribution in [3.63, 3.8) is 0 Å². The number of morpholine rings is 1. The summed E-state index contributed by atoms with van der Waals surface area (Å²) in [5, 5.41) is 14.1. The van der Waals surface area contributed by atoms with Crippen LogP contribution in [0.25, 0.3) is 11.3 Å². The number of benzene rings is 2. The third-order valence-electron chi connectivity index (χ3n) is 5.67. The van der Waals surface area contributed by atoms with E-state index in [1.54, 1.807) is 0 Å². The van der Waals surface area contributed by atoms with Gasteiger partial charge in [-0.05, 0) is 24.3 Å². The molecule has 2 heterocycles. The van der Waals surface area contributed by atoms with Crippen molar-refractivity contribution in [1.29, 1.82) is 0 Å². The molecule has 29 heavy (non-hydrogen) atoms. The molecule has 1 N–H and O–H groups in total. The fraction of sp³-hybridized carbons (Fsp3) is 0.304. The van der Waals surface area contributed by atoms with Crippen molar-refractivity contribution in [3.8, 4) is 11.3 Å². The van der Waals surface area contributed by atoms with Crippen LogP contribution in [0.5, 0.6) is 0 Å². The van der Waals surface area contributed by atoms with Crippen molar-refractivity contribution >= 4 is 11.8 Å². The number of carboxylic acid groups (broad SMARTS) is 1. The van der Waals surface area contributed by atoms with E-state index in [4.69, 9.17) is 9.26 Å². The van der Waals surface area contributed by atoms with Crippen LogP contribution in [0.15, 0.2) is 65.2 Å². The lowest BCUT2D eigenvalue weighted by Crippen LogP contribution is -2.45. The summed E-state index contributed by atoms with van der Waals surface area (Å²) in [6.45, 7) is 1.16. The van der Waals surface area contributed by atoms with E-state index in [2.05, 4.69) is 17.3 Å². The Labute approximate surface area is 168 Å². The van der Waals surface area contributed by atoms with Gasteiger partial charge in [0, 0.05) is 12.1 Å². The third-order valence-corrected chi connectivity index (χ3v) is 5.67. The van der Waals surface area contributed by atoms with Gasteiger partial charge in [0.1, 0.15) is 6.10 Å². The van der Waals surface area contributed by atoms with E-state index >= 15 is 0 Å². The number of hydrogen-bond donors (Lipinski definition) is 1. The van der Waals surface area contributed by atoms with E-state index in [1.807, 2.05) is 53.4 Å². The first-order valence-corrected chi connectivity index (χ1v) is 9.94. The summed E-state index contributed by atoms with van der Waals surface area (Å²) in [4.78, 5) is 14.2. The number of nitrogens with zero attached hydrogens (tertiary/aromatic N) is 2. The van der Waals surface area contributed by atoms with Gasteiger partial charge in [-0.3, -0.25) is 0 Å². The second kappa shape index (κ2) is 7.37. The van der Waals surface area contributed by atoms with Crippen molar-refractivity contribution in [2.75, 3.05) is 18.0 Å². The Morgan fingerprint density at radius 2 is 1.69 bits per heavy atom. The van der Waals surface area contributed by atoms with Crippen LogP contribution in [0.1, 0.15) is 34.9 Å². The molecular weight excluding hydrogens is 368 g/mol. The minimum absolute atomic E-state index is 0.0625. The lowest BCUT2D eigenvalue weighted by Gasteiger charge is -2.38. The number of anilines is 1. The average molecular weight is 390 g/mol. The van der Waals surface area contributed by atoms with Crippen LogP contribution in [0, 0.1) is 5.92 Å². The predicted molar refractivity (Wildman–Crippen MR) is 108 cm³/mol. The summed E-state index contributed by atoms with van der Waals surface area (Å²) in [5.74, 6) is 0.161. The summed E-state index contributed by atoms with van der Waals surface area (Å²) >= 11 is 0. The van der Waals surface area contributed by atoms with Gasteiger partial charge in [-0.2, -0.15) is 0 Å². The zero-order chi connectivity index (χ0) is 19.8. The summed E-state index contributed by atoms with van der Waals surface area (Å²) < 4.78 is 11.9.